The van der Waals surface area contributed by atoms with Gasteiger partial charge in [0, 0.05) is 23.6 Å². The second kappa shape index (κ2) is 8.12. The highest BCUT2D eigenvalue weighted by molar-refractivity contribution is 7.92. The zero-order valence-electron chi connectivity index (χ0n) is 18.3. The topological polar surface area (TPSA) is 88.8 Å². The molecular weight excluding hydrogens is 440 g/mol. The largest absolute Gasteiger partial charge is 0.497 e. The Hall–Kier alpha value is -3.52. The van der Waals surface area contributed by atoms with Gasteiger partial charge in [-0.3, -0.25) is 9.10 Å². The second-order valence-corrected chi connectivity index (χ2v) is 10.2. The van der Waals surface area contributed by atoms with E-state index in [1.165, 1.54) is 10.6 Å². The van der Waals surface area contributed by atoms with E-state index in [0.717, 1.165) is 5.76 Å². The number of nitrogens with zero attached hydrogens (tertiary/aromatic N) is 1. The Labute approximate surface area is 192 Å². The molecule has 0 saturated heterocycles. The fourth-order valence-corrected chi connectivity index (χ4v) is 5.87. The van der Waals surface area contributed by atoms with Gasteiger partial charge < -0.3 is 14.5 Å². The number of hydrogen-bond acceptors (Lipinski definition) is 6. The van der Waals surface area contributed by atoms with Crippen molar-refractivity contribution in [1.82, 2.24) is 0 Å². The van der Waals surface area contributed by atoms with Crippen molar-refractivity contribution in [1.29, 1.82) is 0 Å². The average molecular weight is 465 g/mol. The molecule has 33 heavy (non-hydrogen) atoms. The summed E-state index contributed by atoms with van der Waals surface area (Å²) >= 11 is 0. The number of ether oxygens (including phenoxy) is 1. The van der Waals surface area contributed by atoms with Gasteiger partial charge in [-0.05, 0) is 48.4 Å². The molecule has 2 heterocycles. The number of Topliss-reactive ketones (excluding diaryl/α,β-unsaturated/α-hetero) is 1. The predicted octanol–water partition coefficient (Wildman–Crippen LogP) is 4.62. The minimum Gasteiger partial charge on any atom is -0.497 e. The van der Waals surface area contributed by atoms with E-state index in [0.29, 0.717) is 40.4 Å². The molecule has 1 aliphatic heterocycles. The predicted molar refractivity (Wildman–Crippen MR) is 126 cm³/mol. The summed E-state index contributed by atoms with van der Waals surface area (Å²) in [4.78, 5) is 13.6. The molecule has 0 bridgehead atoms. The van der Waals surface area contributed by atoms with E-state index < -0.39 is 16.1 Å². The standard InChI is InChI=1S/C25H24N2O5S/c1-31-18-11-9-16(10-12-18)25-24-20(14-17(15-22(24)28)23-8-5-13-32-23)26-19-6-3-4-7-21(19)27(25)33(2,29)30/h3-13,17,25-26H,14-15H2,1-2H3/t17-,25-/m1/s1. The molecule has 2 aliphatic rings. The number of rotatable bonds is 4. The van der Waals surface area contributed by atoms with Crippen molar-refractivity contribution in [3.05, 3.63) is 89.5 Å². The Morgan fingerprint density at radius 1 is 1.03 bits per heavy atom. The maximum absolute atomic E-state index is 13.6. The third-order valence-electron chi connectivity index (χ3n) is 6.18. The fraction of sp³-hybridized carbons (Fsp3) is 0.240. The highest BCUT2D eigenvalue weighted by atomic mass is 32.2. The van der Waals surface area contributed by atoms with Gasteiger partial charge in [-0.1, -0.05) is 24.3 Å². The van der Waals surface area contributed by atoms with Gasteiger partial charge in [-0.25, -0.2) is 8.42 Å². The number of para-hydroxylation sites is 2. The van der Waals surface area contributed by atoms with Gasteiger partial charge in [0.05, 0.1) is 31.0 Å². The van der Waals surface area contributed by atoms with E-state index >= 15 is 0 Å². The van der Waals surface area contributed by atoms with Crippen LogP contribution in [0.4, 0.5) is 11.4 Å². The first-order chi connectivity index (χ1) is 15.9. The summed E-state index contributed by atoms with van der Waals surface area (Å²) in [6, 6.07) is 17.3. The summed E-state index contributed by atoms with van der Waals surface area (Å²) in [7, 11) is -2.18. The van der Waals surface area contributed by atoms with Gasteiger partial charge >= 0.3 is 0 Å². The molecule has 2 aromatic carbocycles. The van der Waals surface area contributed by atoms with Crippen molar-refractivity contribution in [2.45, 2.75) is 24.8 Å². The molecule has 5 rings (SSSR count). The minimum absolute atomic E-state index is 0.104. The van der Waals surface area contributed by atoms with E-state index in [1.54, 1.807) is 37.6 Å². The van der Waals surface area contributed by atoms with Crippen LogP contribution >= 0.6 is 0 Å². The van der Waals surface area contributed by atoms with Gasteiger partial charge in [-0.2, -0.15) is 0 Å². The lowest BCUT2D eigenvalue weighted by molar-refractivity contribution is -0.116. The SMILES string of the molecule is COc1ccc([C@@H]2C3=C(C[C@@H](c4ccco4)CC3=O)Nc3ccccc3N2S(C)(=O)=O)cc1. The number of hydrogen-bond donors (Lipinski definition) is 1. The monoisotopic (exact) mass is 464 g/mol. The van der Waals surface area contributed by atoms with Crippen LogP contribution in [0.1, 0.15) is 36.1 Å². The Morgan fingerprint density at radius 3 is 2.45 bits per heavy atom. The van der Waals surface area contributed by atoms with E-state index in [2.05, 4.69) is 5.32 Å². The number of sulfonamides is 1. The van der Waals surface area contributed by atoms with Gasteiger partial charge in [0.1, 0.15) is 17.6 Å². The average Bonchev–Trinajstić information content (AvgIpc) is 3.28. The van der Waals surface area contributed by atoms with E-state index in [-0.39, 0.29) is 18.1 Å². The highest BCUT2D eigenvalue weighted by Crippen LogP contribution is 2.48. The van der Waals surface area contributed by atoms with Gasteiger partial charge in [0.2, 0.25) is 10.0 Å². The quantitative estimate of drug-likeness (QED) is 0.606. The maximum Gasteiger partial charge on any atom is 0.233 e. The van der Waals surface area contributed by atoms with Crippen LogP contribution in [0.25, 0.3) is 0 Å². The number of nitrogens with one attached hydrogen (secondary N) is 1. The Bertz CT molecular complexity index is 1330. The lowest BCUT2D eigenvalue weighted by atomic mass is 9.80. The first-order valence-corrected chi connectivity index (χ1v) is 12.5. The van der Waals surface area contributed by atoms with Crippen LogP contribution < -0.4 is 14.4 Å². The van der Waals surface area contributed by atoms with Crippen LogP contribution in [-0.4, -0.2) is 27.6 Å². The number of carbonyl (C=O) groups is 1. The highest BCUT2D eigenvalue weighted by Gasteiger charge is 2.42. The van der Waals surface area contributed by atoms with Crippen molar-refractivity contribution in [2.75, 3.05) is 23.0 Å². The lowest BCUT2D eigenvalue weighted by Gasteiger charge is -2.34. The van der Waals surface area contributed by atoms with Crippen molar-refractivity contribution in [2.24, 2.45) is 0 Å². The summed E-state index contributed by atoms with van der Waals surface area (Å²) in [6.07, 6.45) is 3.55. The molecule has 0 saturated carbocycles. The second-order valence-electron chi connectivity index (χ2n) is 8.31. The molecule has 0 amide bonds. The number of fused-ring (bicyclic) bond motifs is 1. The number of allylic oxidation sites excluding steroid dienone is 1. The minimum atomic E-state index is -3.75. The molecule has 170 valence electrons. The summed E-state index contributed by atoms with van der Waals surface area (Å²) in [6.45, 7) is 0. The van der Waals surface area contributed by atoms with Crippen LogP contribution in [0.3, 0.4) is 0 Å². The zero-order chi connectivity index (χ0) is 23.2. The Balaban J connectivity index is 1.74. The molecule has 0 radical (unpaired) electrons. The molecule has 3 aromatic rings. The molecule has 1 N–H and O–H groups in total. The summed E-state index contributed by atoms with van der Waals surface area (Å²) in [5, 5.41) is 3.39. The van der Waals surface area contributed by atoms with Crippen LogP contribution in [0.15, 0.2) is 82.6 Å². The molecular formula is C25H24N2O5S. The fourth-order valence-electron chi connectivity index (χ4n) is 4.74. The molecule has 1 aromatic heterocycles. The number of anilines is 2. The first-order valence-electron chi connectivity index (χ1n) is 10.7. The lowest BCUT2D eigenvalue weighted by Crippen LogP contribution is -2.37. The molecule has 1 aliphatic carbocycles. The zero-order valence-corrected chi connectivity index (χ0v) is 19.1. The molecule has 7 nitrogen and oxygen atoms in total. The van der Waals surface area contributed by atoms with Crippen LogP contribution in [-0.2, 0) is 14.8 Å². The van der Waals surface area contributed by atoms with Gasteiger partial charge in [0.25, 0.3) is 0 Å². The maximum atomic E-state index is 13.6. The van der Waals surface area contributed by atoms with E-state index in [1.807, 2.05) is 36.4 Å². The Kier molecular flexibility index (Phi) is 5.25. The van der Waals surface area contributed by atoms with Crippen molar-refractivity contribution >= 4 is 27.2 Å². The molecule has 0 unspecified atom stereocenters. The molecule has 2 atom stereocenters. The van der Waals surface area contributed by atoms with Crippen molar-refractivity contribution in [3.8, 4) is 5.75 Å². The van der Waals surface area contributed by atoms with Gasteiger partial charge in [0.15, 0.2) is 5.78 Å². The number of methoxy groups -OCH3 is 1. The molecule has 0 spiro atoms. The van der Waals surface area contributed by atoms with E-state index in [9.17, 15) is 13.2 Å². The van der Waals surface area contributed by atoms with Crippen LogP contribution in [0.2, 0.25) is 0 Å². The summed E-state index contributed by atoms with van der Waals surface area (Å²) in [5.41, 5.74) is 3.01. The van der Waals surface area contributed by atoms with Crippen LogP contribution in [0, 0.1) is 0 Å². The normalized spacial score (nSPS) is 20.5. The number of benzene rings is 2. The first kappa shape index (κ1) is 21.3. The molecule has 0 fully saturated rings. The van der Waals surface area contributed by atoms with Crippen LogP contribution in [0.5, 0.6) is 5.75 Å². The Morgan fingerprint density at radius 2 is 1.79 bits per heavy atom. The van der Waals surface area contributed by atoms with Crippen molar-refractivity contribution < 1.29 is 22.4 Å². The molecule has 8 heteroatoms. The smallest absolute Gasteiger partial charge is 0.233 e. The number of carbonyl (C=O) groups excluding carboxylic acids is 1. The number of furan rings is 1. The third-order valence-corrected chi connectivity index (χ3v) is 7.30. The van der Waals surface area contributed by atoms with Crippen molar-refractivity contribution in [3.63, 3.8) is 0 Å². The van der Waals surface area contributed by atoms with E-state index in [4.69, 9.17) is 9.15 Å². The van der Waals surface area contributed by atoms with Gasteiger partial charge in [-0.15, -0.1) is 0 Å². The summed E-state index contributed by atoms with van der Waals surface area (Å²) < 4.78 is 38.6. The number of ketones is 1. The summed E-state index contributed by atoms with van der Waals surface area (Å²) in [5.74, 6) is 1.17. The third kappa shape index (κ3) is 3.80.